The number of carbonyl (C=O) groups excluding carboxylic acids is 1. The number of esters is 1. The number of carbonyl (C=O) groups is 1. The second-order valence-corrected chi connectivity index (χ2v) is 8.73. The smallest absolute Gasteiger partial charge is 0.321 e. The molecule has 0 aromatic heterocycles. The van der Waals surface area contributed by atoms with Gasteiger partial charge in [0.2, 0.25) is 0 Å². The first-order valence-corrected chi connectivity index (χ1v) is 10.1. The SMILES string of the molecule is CC1(C)O[C@H]2O[C@H](C(C)(C)OC(=O)CCl)[C@H](OCc3ccccc3Br)[C@H]2O1. The van der Waals surface area contributed by atoms with Gasteiger partial charge in [0.05, 0.1) is 6.61 Å². The van der Waals surface area contributed by atoms with Crippen LogP contribution in [-0.4, -0.2) is 47.8 Å². The third-order valence-electron chi connectivity index (χ3n) is 4.55. The summed E-state index contributed by atoms with van der Waals surface area (Å²) in [6.45, 7) is 7.53. The van der Waals surface area contributed by atoms with Gasteiger partial charge in [-0.1, -0.05) is 34.1 Å². The molecule has 0 bridgehead atoms. The number of fused-ring (bicyclic) bond motifs is 1. The molecule has 2 aliphatic heterocycles. The van der Waals surface area contributed by atoms with Crippen LogP contribution in [0.4, 0.5) is 0 Å². The Balaban J connectivity index is 1.80. The van der Waals surface area contributed by atoms with Crippen LogP contribution in [0.1, 0.15) is 33.3 Å². The Bertz CT molecular complexity index is 695. The molecule has 0 amide bonds. The van der Waals surface area contributed by atoms with Crippen molar-refractivity contribution in [1.29, 1.82) is 0 Å². The summed E-state index contributed by atoms with van der Waals surface area (Å²) < 4.78 is 30.6. The Labute approximate surface area is 172 Å². The molecule has 0 aliphatic carbocycles. The van der Waals surface area contributed by atoms with Gasteiger partial charge in [0.1, 0.15) is 29.8 Å². The highest BCUT2D eigenvalue weighted by molar-refractivity contribution is 9.10. The van der Waals surface area contributed by atoms with E-state index in [4.69, 9.17) is 35.3 Å². The molecular formula is C19H24BrClO6. The van der Waals surface area contributed by atoms with Crippen molar-refractivity contribution >= 4 is 33.5 Å². The van der Waals surface area contributed by atoms with Crippen LogP contribution in [0.25, 0.3) is 0 Å². The molecule has 2 fully saturated rings. The second-order valence-electron chi connectivity index (χ2n) is 7.60. The van der Waals surface area contributed by atoms with E-state index in [0.29, 0.717) is 6.61 Å². The van der Waals surface area contributed by atoms with Crippen molar-refractivity contribution in [2.24, 2.45) is 0 Å². The molecule has 2 saturated heterocycles. The molecule has 6 nitrogen and oxygen atoms in total. The largest absolute Gasteiger partial charge is 0.456 e. The first kappa shape index (κ1) is 21.0. The van der Waals surface area contributed by atoms with Gasteiger partial charge in [0.25, 0.3) is 0 Å². The highest BCUT2D eigenvalue weighted by atomic mass is 79.9. The van der Waals surface area contributed by atoms with E-state index in [1.807, 2.05) is 38.1 Å². The van der Waals surface area contributed by atoms with Crippen LogP contribution in [-0.2, 0) is 35.1 Å². The van der Waals surface area contributed by atoms with Gasteiger partial charge in [0.15, 0.2) is 12.1 Å². The molecule has 0 saturated carbocycles. The van der Waals surface area contributed by atoms with E-state index >= 15 is 0 Å². The van der Waals surface area contributed by atoms with Crippen LogP contribution in [0, 0.1) is 0 Å². The van der Waals surface area contributed by atoms with Crippen molar-refractivity contribution in [2.45, 2.75) is 70.3 Å². The van der Waals surface area contributed by atoms with E-state index in [1.54, 1.807) is 13.8 Å². The van der Waals surface area contributed by atoms with Gasteiger partial charge >= 0.3 is 5.97 Å². The van der Waals surface area contributed by atoms with E-state index in [-0.39, 0.29) is 5.88 Å². The standard InChI is InChI=1S/C19H24BrClO6/c1-18(2,25-13(22)9-21)16-14(15-17(24-16)27-19(3,4)26-15)23-10-11-7-5-6-8-12(11)20/h5-8,14-17H,9-10H2,1-4H3/t14-,15-,16+,17-/m1/s1. The summed E-state index contributed by atoms with van der Waals surface area (Å²) >= 11 is 9.12. The quantitative estimate of drug-likeness (QED) is 0.473. The topological polar surface area (TPSA) is 63.2 Å². The molecule has 8 heteroatoms. The van der Waals surface area contributed by atoms with Crippen LogP contribution < -0.4 is 0 Å². The lowest BCUT2D eigenvalue weighted by atomic mass is 9.95. The maximum Gasteiger partial charge on any atom is 0.321 e. The summed E-state index contributed by atoms with van der Waals surface area (Å²) in [4.78, 5) is 11.7. The van der Waals surface area contributed by atoms with Crippen molar-refractivity contribution in [3.8, 4) is 0 Å². The number of hydrogen-bond donors (Lipinski definition) is 0. The average molecular weight is 464 g/mol. The molecule has 2 heterocycles. The Kier molecular flexibility index (Phi) is 6.20. The van der Waals surface area contributed by atoms with E-state index < -0.39 is 42.0 Å². The zero-order chi connectivity index (χ0) is 19.8. The molecule has 0 N–H and O–H groups in total. The zero-order valence-electron chi connectivity index (χ0n) is 15.7. The minimum atomic E-state index is -0.967. The van der Waals surface area contributed by atoms with Gasteiger partial charge in [-0.3, -0.25) is 4.79 Å². The monoisotopic (exact) mass is 462 g/mol. The molecule has 0 radical (unpaired) electrons. The fourth-order valence-corrected chi connectivity index (χ4v) is 3.85. The fraction of sp³-hybridized carbons (Fsp3) is 0.632. The summed E-state index contributed by atoms with van der Waals surface area (Å²) in [6.07, 6.45) is -2.08. The van der Waals surface area contributed by atoms with E-state index in [2.05, 4.69) is 15.9 Å². The minimum Gasteiger partial charge on any atom is -0.456 e. The maximum absolute atomic E-state index is 11.7. The first-order valence-electron chi connectivity index (χ1n) is 8.77. The van der Waals surface area contributed by atoms with Crippen molar-refractivity contribution in [2.75, 3.05) is 5.88 Å². The number of ether oxygens (including phenoxy) is 5. The van der Waals surface area contributed by atoms with Gasteiger partial charge in [-0.25, -0.2) is 0 Å². The summed E-state index contributed by atoms with van der Waals surface area (Å²) in [5.74, 6) is -1.52. The summed E-state index contributed by atoms with van der Waals surface area (Å²) in [5, 5.41) is 0. The highest BCUT2D eigenvalue weighted by Gasteiger charge is 2.59. The average Bonchev–Trinajstić information content (AvgIpc) is 3.06. The van der Waals surface area contributed by atoms with Crippen molar-refractivity contribution in [1.82, 2.24) is 0 Å². The van der Waals surface area contributed by atoms with Crippen LogP contribution in [0.2, 0.25) is 0 Å². The lowest BCUT2D eigenvalue weighted by molar-refractivity contribution is -0.244. The Morgan fingerprint density at radius 3 is 2.67 bits per heavy atom. The molecule has 150 valence electrons. The van der Waals surface area contributed by atoms with Crippen molar-refractivity contribution in [3.63, 3.8) is 0 Å². The molecule has 27 heavy (non-hydrogen) atoms. The number of alkyl halides is 1. The van der Waals surface area contributed by atoms with Crippen LogP contribution >= 0.6 is 27.5 Å². The molecule has 1 aromatic rings. The second kappa shape index (κ2) is 7.97. The van der Waals surface area contributed by atoms with Gasteiger partial charge in [-0.2, -0.15) is 0 Å². The van der Waals surface area contributed by atoms with Gasteiger partial charge in [-0.05, 0) is 39.3 Å². The van der Waals surface area contributed by atoms with Gasteiger partial charge < -0.3 is 23.7 Å². The molecule has 0 spiro atoms. The molecule has 2 aliphatic rings. The predicted molar refractivity (Wildman–Crippen MR) is 102 cm³/mol. The van der Waals surface area contributed by atoms with Crippen molar-refractivity contribution in [3.05, 3.63) is 34.3 Å². The van der Waals surface area contributed by atoms with E-state index in [1.165, 1.54) is 0 Å². The van der Waals surface area contributed by atoms with Crippen LogP contribution in [0.3, 0.4) is 0 Å². The predicted octanol–water partition coefficient (Wildman–Crippen LogP) is 3.77. The van der Waals surface area contributed by atoms with E-state index in [9.17, 15) is 4.79 Å². The molecular weight excluding hydrogens is 440 g/mol. The van der Waals surface area contributed by atoms with Crippen LogP contribution in [0.15, 0.2) is 28.7 Å². The van der Waals surface area contributed by atoms with Crippen LogP contribution in [0.5, 0.6) is 0 Å². The van der Waals surface area contributed by atoms with Gasteiger partial charge in [-0.15, -0.1) is 11.6 Å². The minimum absolute atomic E-state index is 0.231. The molecule has 0 unspecified atom stereocenters. The third-order valence-corrected chi connectivity index (χ3v) is 5.54. The maximum atomic E-state index is 11.7. The lowest BCUT2D eigenvalue weighted by Crippen LogP contribution is -2.50. The lowest BCUT2D eigenvalue weighted by Gasteiger charge is -2.35. The molecule has 1 aromatic carbocycles. The number of benzene rings is 1. The zero-order valence-corrected chi connectivity index (χ0v) is 18.1. The molecule has 3 rings (SSSR count). The fourth-order valence-electron chi connectivity index (χ4n) is 3.40. The summed E-state index contributed by atoms with van der Waals surface area (Å²) in [7, 11) is 0. The Hall–Kier alpha value is -0.700. The summed E-state index contributed by atoms with van der Waals surface area (Å²) in [5.41, 5.74) is 0.0274. The van der Waals surface area contributed by atoms with E-state index in [0.717, 1.165) is 10.0 Å². The number of halogens is 2. The number of rotatable bonds is 6. The normalized spacial score (nSPS) is 29.6. The third kappa shape index (κ3) is 4.66. The number of hydrogen-bond acceptors (Lipinski definition) is 6. The Morgan fingerprint density at radius 2 is 2.00 bits per heavy atom. The van der Waals surface area contributed by atoms with Gasteiger partial charge in [0, 0.05) is 4.47 Å². The Morgan fingerprint density at radius 1 is 1.30 bits per heavy atom. The van der Waals surface area contributed by atoms with Crippen molar-refractivity contribution < 1.29 is 28.5 Å². The first-order chi connectivity index (χ1) is 12.6. The summed E-state index contributed by atoms with van der Waals surface area (Å²) in [6, 6.07) is 7.81. The molecule has 4 atom stereocenters. The highest BCUT2D eigenvalue weighted by Crippen LogP contribution is 2.43.